The molecule has 3 nitrogen and oxygen atoms in total. The number of hydrogen-bond acceptors (Lipinski definition) is 2. The first-order valence-electron chi connectivity index (χ1n) is 4.95. The fourth-order valence-electron chi connectivity index (χ4n) is 1.77. The number of nitrogens with two attached hydrogens (primary N) is 1. The van der Waals surface area contributed by atoms with Crippen molar-refractivity contribution < 1.29 is 0 Å². The van der Waals surface area contributed by atoms with Crippen LogP contribution < -0.4 is 11.3 Å². The number of rotatable bonds is 1. The number of aromatic nitrogens is 1. The van der Waals surface area contributed by atoms with Gasteiger partial charge >= 0.3 is 0 Å². The van der Waals surface area contributed by atoms with E-state index in [9.17, 15) is 4.79 Å². The number of aromatic amines is 1. The largest absolute Gasteiger partial charge is 0.326 e. The lowest BCUT2D eigenvalue weighted by Gasteiger charge is -2.06. The first-order chi connectivity index (χ1) is 7.13. The first kappa shape index (κ1) is 9.93. The van der Waals surface area contributed by atoms with Crippen LogP contribution in [0.2, 0.25) is 0 Å². The van der Waals surface area contributed by atoms with E-state index in [0.29, 0.717) is 5.56 Å². The minimum absolute atomic E-state index is 0.0845. The maximum Gasteiger partial charge on any atom is 0.252 e. The van der Waals surface area contributed by atoms with Crippen molar-refractivity contribution >= 4 is 10.9 Å². The molecule has 0 atom stereocenters. The van der Waals surface area contributed by atoms with E-state index in [2.05, 4.69) is 11.1 Å². The highest BCUT2D eigenvalue weighted by molar-refractivity contribution is 5.85. The van der Waals surface area contributed by atoms with Crippen LogP contribution in [0, 0.1) is 13.8 Å². The van der Waals surface area contributed by atoms with Crippen LogP contribution in [0.1, 0.15) is 16.7 Å². The van der Waals surface area contributed by atoms with Crippen LogP contribution >= 0.6 is 0 Å². The van der Waals surface area contributed by atoms with Crippen LogP contribution in [0.15, 0.2) is 23.0 Å². The predicted molar refractivity (Wildman–Crippen MR) is 61.9 cm³/mol. The second-order valence-electron chi connectivity index (χ2n) is 3.82. The molecule has 1 aromatic heterocycles. The maximum atomic E-state index is 11.6. The second kappa shape index (κ2) is 3.51. The molecule has 0 aliphatic heterocycles. The number of fused-ring (bicyclic) bond motifs is 1. The van der Waals surface area contributed by atoms with E-state index in [1.807, 2.05) is 26.0 Å². The molecular weight excluding hydrogens is 188 g/mol. The van der Waals surface area contributed by atoms with Gasteiger partial charge in [0.15, 0.2) is 0 Å². The summed E-state index contributed by atoms with van der Waals surface area (Å²) in [6.07, 6.45) is 0. The molecule has 1 aromatic carbocycles. The van der Waals surface area contributed by atoms with Crippen molar-refractivity contribution in [2.24, 2.45) is 5.73 Å². The summed E-state index contributed by atoms with van der Waals surface area (Å²) in [7, 11) is 0. The molecule has 0 amide bonds. The Labute approximate surface area is 87.9 Å². The topological polar surface area (TPSA) is 58.9 Å². The van der Waals surface area contributed by atoms with Gasteiger partial charge < -0.3 is 10.7 Å². The van der Waals surface area contributed by atoms with Gasteiger partial charge in [0.2, 0.25) is 0 Å². The summed E-state index contributed by atoms with van der Waals surface area (Å²) in [5.74, 6) is 0. The molecule has 0 aliphatic rings. The molecule has 3 heteroatoms. The van der Waals surface area contributed by atoms with Crippen molar-refractivity contribution in [1.82, 2.24) is 4.98 Å². The average Bonchev–Trinajstić information content (AvgIpc) is 2.23. The van der Waals surface area contributed by atoms with Gasteiger partial charge in [-0.05, 0) is 31.0 Å². The molecule has 0 fully saturated rings. The SMILES string of the molecule is Cc1ccc(C)c2[nH]c(=O)c(CN)cc12. The molecule has 0 aliphatic carbocycles. The fourth-order valence-corrected chi connectivity index (χ4v) is 1.77. The fraction of sp³-hybridized carbons (Fsp3) is 0.250. The van der Waals surface area contributed by atoms with Gasteiger partial charge in [-0.1, -0.05) is 12.1 Å². The highest BCUT2D eigenvalue weighted by Gasteiger charge is 2.05. The zero-order valence-corrected chi connectivity index (χ0v) is 8.92. The van der Waals surface area contributed by atoms with E-state index in [-0.39, 0.29) is 12.1 Å². The number of aryl methyl sites for hydroxylation is 2. The van der Waals surface area contributed by atoms with E-state index in [1.54, 1.807) is 0 Å². The molecular formula is C12H14N2O. The summed E-state index contributed by atoms with van der Waals surface area (Å²) in [4.78, 5) is 14.5. The van der Waals surface area contributed by atoms with Crippen LogP contribution in [0.3, 0.4) is 0 Å². The molecule has 2 rings (SSSR count). The molecule has 0 spiro atoms. The van der Waals surface area contributed by atoms with Gasteiger partial charge in [0, 0.05) is 17.5 Å². The Bertz CT molecular complexity index is 570. The van der Waals surface area contributed by atoms with Gasteiger partial charge in [-0.2, -0.15) is 0 Å². The molecule has 0 saturated carbocycles. The molecule has 0 saturated heterocycles. The third-order valence-electron chi connectivity index (χ3n) is 2.74. The zero-order chi connectivity index (χ0) is 11.0. The average molecular weight is 202 g/mol. The van der Waals surface area contributed by atoms with Gasteiger partial charge in [-0.15, -0.1) is 0 Å². The molecule has 15 heavy (non-hydrogen) atoms. The van der Waals surface area contributed by atoms with E-state index in [1.165, 1.54) is 0 Å². The summed E-state index contributed by atoms with van der Waals surface area (Å²) in [6, 6.07) is 5.95. The van der Waals surface area contributed by atoms with E-state index in [4.69, 9.17) is 5.73 Å². The van der Waals surface area contributed by atoms with E-state index >= 15 is 0 Å². The van der Waals surface area contributed by atoms with Gasteiger partial charge in [-0.3, -0.25) is 4.79 Å². The molecule has 2 aromatic rings. The summed E-state index contributed by atoms with van der Waals surface area (Å²) < 4.78 is 0. The third-order valence-corrected chi connectivity index (χ3v) is 2.74. The summed E-state index contributed by atoms with van der Waals surface area (Å²) in [5.41, 5.74) is 9.21. The van der Waals surface area contributed by atoms with Crippen molar-refractivity contribution in [1.29, 1.82) is 0 Å². The monoisotopic (exact) mass is 202 g/mol. The van der Waals surface area contributed by atoms with Gasteiger partial charge in [0.05, 0.1) is 5.52 Å². The number of H-pyrrole nitrogens is 1. The Balaban J connectivity index is 2.92. The summed E-state index contributed by atoms with van der Waals surface area (Å²) in [6.45, 7) is 4.29. The zero-order valence-electron chi connectivity index (χ0n) is 8.92. The van der Waals surface area contributed by atoms with Gasteiger partial charge in [-0.25, -0.2) is 0 Å². The second-order valence-corrected chi connectivity index (χ2v) is 3.82. The Kier molecular flexibility index (Phi) is 2.32. The van der Waals surface area contributed by atoms with Crippen LogP contribution in [0.5, 0.6) is 0 Å². The standard InChI is InChI=1S/C12H14N2O/c1-7-3-4-8(2)11-10(7)5-9(6-13)12(15)14-11/h3-5H,6,13H2,1-2H3,(H,14,15). The smallest absolute Gasteiger partial charge is 0.252 e. The summed E-state index contributed by atoms with van der Waals surface area (Å²) in [5, 5.41) is 1.08. The highest BCUT2D eigenvalue weighted by atomic mass is 16.1. The van der Waals surface area contributed by atoms with Crippen molar-refractivity contribution in [3.05, 3.63) is 45.2 Å². The lowest BCUT2D eigenvalue weighted by molar-refractivity contribution is 1.03. The van der Waals surface area contributed by atoms with Crippen molar-refractivity contribution in [2.75, 3.05) is 0 Å². The lowest BCUT2D eigenvalue weighted by Crippen LogP contribution is -2.16. The minimum atomic E-state index is -0.0845. The van der Waals surface area contributed by atoms with Crippen molar-refractivity contribution in [2.45, 2.75) is 20.4 Å². The normalized spacial score (nSPS) is 10.9. The van der Waals surface area contributed by atoms with Crippen LogP contribution in [-0.4, -0.2) is 4.98 Å². The number of benzene rings is 1. The van der Waals surface area contributed by atoms with E-state index < -0.39 is 0 Å². The summed E-state index contributed by atoms with van der Waals surface area (Å²) >= 11 is 0. The lowest BCUT2D eigenvalue weighted by atomic mass is 10.0. The maximum absolute atomic E-state index is 11.6. The Morgan fingerprint density at radius 1 is 1.27 bits per heavy atom. The molecule has 3 N–H and O–H groups in total. The number of pyridine rings is 1. The Morgan fingerprint density at radius 2 is 1.93 bits per heavy atom. The van der Waals surface area contributed by atoms with Crippen LogP contribution in [0.25, 0.3) is 10.9 Å². The molecule has 1 heterocycles. The Hall–Kier alpha value is -1.61. The van der Waals surface area contributed by atoms with Gasteiger partial charge in [0.1, 0.15) is 0 Å². The first-order valence-corrected chi connectivity index (χ1v) is 4.95. The predicted octanol–water partition coefficient (Wildman–Crippen LogP) is 1.60. The Morgan fingerprint density at radius 3 is 2.60 bits per heavy atom. The van der Waals surface area contributed by atoms with Crippen LogP contribution in [0.4, 0.5) is 0 Å². The van der Waals surface area contributed by atoms with Gasteiger partial charge in [0.25, 0.3) is 5.56 Å². The number of hydrogen-bond donors (Lipinski definition) is 2. The molecule has 0 radical (unpaired) electrons. The van der Waals surface area contributed by atoms with E-state index in [0.717, 1.165) is 22.0 Å². The molecule has 0 bridgehead atoms. The highest BCUT2D eigenvalue weighted by Crippen LogP contribution is 2.19. The van der Waals surface area contributed by atoms with Crippen molar-refractivity contribution in [3.63, 3.8) is 0 Å². The quantitative estimate of drug-likeness (QED) is 0.738. The molecule has 78 valence electrons. The van der Waals surface area contributed by atoms with Crippen LogP contribution in [-0.2, 0) is 6.54 Å². The minimum Gasteiger partial charge on any atom is -0.326 e. The number of nitrogens with one attached hydrogen (secondary N) is 1. The van der Waals surface area contributed by atoms with Crippen molar-refractivity contribution in [3.8, 4) is 0 Å². The molecule has 0 unspecified atom stereocenters. The third kappa shape index (κ3) is 1.55.